The molecule has 5 nitrogen and oxygen atoms in total. The fourth-order valence-corrected chi connectivity index (χ4v) is 1.36. The fraction of sp³-hybridized carbons (Fsp3) is 0.400. The van der Waals surface area contributed by atoms with Crippen LogP contribution in [0.15, 0.2) is 23.4 Å². The summed E-state index contributed by atoms with van der Waals surface area (Å²) < 4.78 is 37.0. The van der Waals surface area contributed by atoms with Crippen LogP contribution in [0.3, 0.4) is 0 Å². The fourth-order valence-electron chi connectivity index (χ4n) is 1.36. The minimum Gasteiger partial charge on any atom is -0.409 e. The van der Waals surface area contributed by atoms with Crippen molar-refractivity contribution in [3.63, 3.8) is 0 Å². The van der Waals surface area contributed by atoms with Gasteiger partial charge in [-0.05, 0) is 19.1 Å². The van der Waals surface area contributed by atoms with Crippen LogP contribution in [0.1, 0.15) is 12.6 Å². The molecule has 1 heterocycles. The molecule has 0 radical (unpaired) electrons. The number of oxime groups is 1. The predicted octanol–water partition coefficient (Wildman–Crippen LogP) is 1.56. The molecule has 0 atom stereocenters. The molecule has 1 aromatic heterocycles. The molecule has 0 amide bonds. The second-order valence-electron chi connectivity index (χ2n) is 3.50. The van der Waals surface area contributed by atoms with Crippen LogP contribution in [0, 0.1) is 0 Å². The highest BCUT2D eigenvalue weighted by Gasteiger charge is 2.30. The lowest BCUT2D eigenvalue weighted by molar-refractivity contribution is -0.119. The Hall–Kier alpha value is -1.99. The highest BCUT2D eigenvalue weighted by Crippen LogP contribution is 2.20. The topological polar surface area (TPSA) is 74.7 Å². The van der Waals surface area contributed by atoms with Crippen molar-refractivity contribution in [3.05, 3.63) is 23.9 Å². The van der Waals surface area contributed by atoms with Gasteiger partial charge in [0, 0.05) is 6.54 Å². The Labute approximate surface area is 102 Å². The first kappa shape index (κ1) is 14.1. The number of aromatic nitrogens is 1. The summed E-state index contributed by atoms with van der Waals surface area (Å²) in [4.78, 5) is 4.96. The Kier molecular flexibility index (Phi) is 4.35. The van der Waals surface area contributed by atoms with E-state index in [1.165, 1.54) is 18.2 Å². The minimum atomic E-state index is -4.32. The van der Waals surface area contributed by atoms with Crippen molar-refractivity contribution in [1.82, 2.24) is 4.98 Å². The van der Waals surface area contributed by atoms with Gasteiger partial charge in [-0.2, -0.15) is 13.2 Å². The monoisotopic (exact) mass is 262 g/mol. The summed E-state index contributed by atoms with van der Waals surface area (Å²) in [6.45, 7) is 0.631. The lowest BCUT2D eigenvalue weighted by atomic mass is 10.3. The maximum absolute atomic E-state index is 12.3. The summed E-state index contributed by atoms with van der Waals surface area (Å²) >= 11 is 0. The largest absolute Gasteiger partial charge is 0.409 e. The molecule has 3 N–H and O–H groups in total. The Morgan fingerprint density at radius 1 is 1.50 bits per heavy atom. The van der Waals surface area contributed by atoms with Gasteiger partial charge < -0.3 is 15.8 Å². The van der Waals surface area contributed by atoms with E-state index in [-0.39, 0.29) is 23.9 Å². The molecule has 100 valence electrons. The Morgan fingerprint density at radius 3 is 2.67 bits per heavy atom. The summed E-state index contributed by atoms with van der Waals surface area (Å²) in [5.41, 5.74) is 5.45. The van der Waals surface area contributed by atoms with Crippen LogP contribution in [-0.2, 0) is 0 Å². The van der Waals surface area contributed by atoms with Gasteiger partial charge in [-0.15, -0.1) is 0 Å². The highest BCUT2D eigenvalue weighted by molar-refractivity contribution is 5.95. The Balaban J connectivity index is 3.00. The molecule has 0 aliphatic rings. The number of hydrogen-bond acceptors (Lipinski definition) is 4. The summed E-state index contributed by atoms with van der Waals surface area (Å²) in [6.07, 6.45) is -4.32. The molecule has 1 aromatic rings. The lowest BCUT2D eigenvalue weighted by Gasteiger charge is -2.23. The molecule has 0 aliphatic heterocycles. The van der Waals surface area contributed by atoms with E-state index in [0.717, 1.165) is 4.90 Å². The minimum absolute atomic E-state index is 0.121. The Bertz CT molecular complexity index is 433. The maximum atomic E-state index is 12.3. The zero-order chi connectivity index (χ0) is 13.8. The quantitative estimate of drug-likeness (QED) is 0.374. The second-order valence-corrected chi connectivity index (χ2v) is 3.50. The number of pyridine rings is 1. The molecule has 0 aromatic carbocycles. The number of amidine groups is 1. The number of nitrogens with two attached hydrogens (primary N) is 1. The zero-order valence-electron chi connectivity index (χ0n) is 9.65. The van der Waals surface area contributed by atoms with Gasteiger partial charge in [0.15, 0.2) is 5.84 Å². The third-order valence-electron chi connectivity index (χ3n) is 2.18. The van der Waals surface area contributed by atoms with Crippen LogP contribution < -0.4 is 10.6 Å². The van der Waals surface area contributed by atoms with Crippen molar-refractivity contribution >= 4 is 11.7 Å². The first-order chi connectivity index (χ1) is 8.37. The molecule has 0 unspecified atom stereocenters. The van der Waals surface area contributed by atoms with Gasteiger partial charge in [-0.1, -0.05) is 11.2 Å². The maximum Gasteiger partial charge on any atom is 0.405 e. The molecule has 0 bridgehead atoms. The molecular weight excluding hydrogens is 249 g/mol. The third-order valence-corrected chi connectivity index (χ3v) is 2.18. The van der Waals surface area contributed by atoms with Crippen molar-refractivity contribution in [3.8, 4) is 0 Å². The average molecular weight is 262 g/mol. The smallest absolute Gasteiger partial charge is 0.405 e. The molecular formula is C10H13F3N4O. The number of halogens is 3. The summed E-state index contributed by atoms with van der Waals surface area (Å²) in [5.74, 6) is -0.126. The van der Waals surface area contributed by atoms with Gasteiger partial charge in [0.1, 0.15) is 18.1 Å². The van der Waals surface area contributed by atoms with E-state index in [2.05, 4.69) is 10.1 Å². The first-order valence-corrected chi connectivity index (χ1v) is 5.14. The van der Waals surface area contributed by atoms with E-state index in [0.29, 0.717) is 0 Å². The van der Waals surface area contributed by atoms with Crippen LogP contribution in [0.25, 0.3) is 0 Å². The summed E-state index contributed by atoms with van der Waals surface area (Å²) in [6, 6.07) is 4.37. The third kappa shape index (κ3) is 3.79. The van der Waals surface area contributed by atoms with Crippen molar-refractivity contribution in [2.45, 2.75) is 13.1 Å². The number of hydrogen-bond donors (Lipinski definition) is 2. The molecule has 0 spiro atoms. The molecule has 0 saturated carbocycles. The van der Waals surface area contributed by atoms with E-state index in [1.807, 2.05) is 0 Å². The van der Waals surface area contributed by atoms with Crippen LogP contribution in [-0.4, -0.2) is 35.3 Å². The lowest BCUT2D eigenvalue weighted by Crippen LogP contribution is -2.35. The van der Waals surface area contributed by atoms with E-state index >= 15 is 0 Å². The molecule has 1 rings (SSSR count). The van der Waals surface area contributed by atoms with Crippen LogP contribution in [0.2, 0.25) is 0 Å². The zero-order valence-corrected chi connectivity index (χ0v) is 9.65. The van der Waals surface area contributed by atoms with E-state index in [9.17, 15) is 13.2 Å². The number of alkyl halides is 3. The molecule has 0 fully saturated rings. The summed E-state index contributed by atoms with van der Waals surface area (Å²) in [7, 11) is 0. The second kappa shape index (κ2) is 5.56. The molecule has 8 heteroatoms. The van der Waals surface area contributed by atoms with Crippen LogP contribution in [0.5, 0.6) is 0 Å². The van der Waals surface area contributed by atoms with Crippen LogP contribution >= 0.6 is 0 Å². The summed E-state index contributed by atoms with van der Waals surface area (Å²) in [5, 5.41) is 11.2. The van der Waals surface area contributed by atoms with Crippen molar-refractivity contribution < 1.29 is 18.4 Å². The predicted molar refractivity (Wildman–Crippen MR) is 60.7 cm³/mol. The van der Waals surface area contributed by atoms with E-state index < -0.39 is 12.7 Å². The SMILES string of the molecule is CCN(CC(F)(F)F)c1cccc(C(N)=NO)n1. The van der Waals surface area contributed by atoms with Crippen LogP contribution in [0.4, 0.5) is 19.0 Å². The van der Waals surface area contributed by atoms with E-state index in [1.54, 1.807) is 6.92 Å². The highest BCUT2D eigenvalue weighted by atomic mass is 19.4. The van der Waals surface area contributed by atoms with E-state index in [4.69, 9.17) is 10.9 Å². The number of anilines is 1. The normalized spacial score (nSPS) is 12.6. The van der Waals surface area contributed by atoms with Gasteiger partial charge in [-0.3, -0.25) is 0 Å². The van der Waals surface area contributed by atoms with Gasteiger partial charge in [0.25, 0.3) is 0 Å². The van der Waals surface area contributed by atoms with Gasteiger partial charge in [-0.25, -0.2) is 4.98 Å². The van der Waals surface area contributed by atoms with Gasteiger partial charge in [0.05, 0.1) is 0 Å². The number of nitrogens with zero attached hydrogens (tertiary/aromatic N) is 3. The molecule has 18 heavy (non-hydrogen) atoms. The molecule has 0 aliphatic carbocycles. The van der Waals surface area contributed by atoms with Gasteiger partial charge in [0.2, 0.25) is 0 Å². The van der Waals surface area contributed by atoms with Crippen molar-refractivity contribution in [2.75, 3.05) is 18.0 Å². The molecule has 0 saturated heterocycles. The van der Waals surface area contributed by atoms with Crippen molar-refractivity contribution in [2.24, 2.45) is 10.9 Å². The van der Waals surface area contributed by atoms with Gasteiger partial charge >= 0.3 is 6.18 Å². The van der Waals surface area contributed by atoms with Crippen molar-refractivity contribution in [1.29, 1.82) is 0 Å². The first-order valence-electron chi connectivity index (χ1n) is 5.14. The number of rotatable bonds is 4. The standard InChI is InChI=1S/C10H13F3N4O/c1-2-17(6-10(11,12)13)8-5-3-4-7(15-8)9(14)16-18/h3-5,18H,2,6H2,1H3,(H2,14,16). The Morgan fingerprint density at radius 2 is 2.17 bits per heavy atom. The average Bonchev–Trinajstić information content (AvgIpc) is 2.34.